The molecule has 0 unspecified atom stereocenters. The molecule has 0 spiro atoms. The van der Waals surface area contributed by atoms with Crippen molar-refractivity contribution in [1.29, 1.82) is 0 Å². The Labute approximate surface area is 372 Å². The number of aliphatic imine (C=N–C) groups is 2. The number of nitrogens with one attached hydrogen (secondary N) is 2. The van der Waals surface area contributed by atoms with Crippen molar-refractivity contribution in [3.05, 3.63) is 77.6 Å². The first-order valence-electron chi connectivity index (χ1n) is 22.9. The van der Waals surface area contributed by atoms with Crippen LogP contribution in [0, 0.1) is 17.3 Å². The van der Waals surface area contributed by atoms with Crippen molar-refractivity contribution in [3.63, 3.8) is 0 Å². The Kier molecular flexibility index (Phi) is 14.9. The highest BCUT2D eigenvalue weighted by molar-refractivity contribution is 5.95. The second kappa shape index (κ2) is 20.5. The fourth-order valence-electron chi connectivity index (χ4n) is 9.70. The number of amides is 2. The van der Waals surface area contributed by atoms with Gasteiger partial charge in [0.1, 0.15) is 12.1 Å². The average molecular weight is 859 g/mol. The van der Waals surface area contributed by atoms with Crippen molar-refractivity contribution in [3.8, 4) is 22.4 Å². The van der Waals surface area contributed by atoms with Gasteiger partial charge < -0.3 is 19.4 Å². The van der Waals surface area contributed by atoms with Gasteiger partial charge in [-0.2, -0.15) is 0 Å². The zero-order valence-corrected chi connectivity index (χ0v) is 38.3. The maximum atomic E-state index is 14.7. The maximum Gasteiger partial charge on any atom is 0.324 e. The molecule has 3 aliphatic heterocycles. The standard InChI is InChI=1S/C50H66N8O5/c1-8-36-17-19-51-29-41(36)46-40-27-50(5,6)31-63-49(61)42-14-11-21-58(55-42)48(60)43(25-34-12-10-13-37(24-34)38-15-16-44(39(40)26-38)57(46)9-2)54-47(59)45(33(3)4)56-22-18-35(30-56)28-53-32-52-20-23-62-7/h10,12-13,15-17,19,24,26,29,33,35,42-43,45,55H,8-9,11,14,18,20-23,25,27-28,30-31H2,1-7H3,(H,54,59)/t35-,42-,43-,45-/m0/s1. The Bertz CT molecular complexity index is 2330. The minimum absolute atomic E-state index is 0.00776. The molecule has 0 radical (unpaired) electrons. The molecule has 7 rings (SSSR count). The molecule has 0 aliphatic carbocycles. The number of carbonyl (C=O) groups is 3. The monoisotopic (exact) mass is 859 g/mol. The molecule has 0 saturated carbocycles. The smallest absolute Gasteiger partial charge is 0.324 e. The summed E-state index contributed by atoms with van der Waals surface area (Å²) in [7, 11) is 1.64. The quantitative estimate of drug-likeness (QED) is 0.0904. The third-order valence-electron chi connectivity index (χ3n) is 12.9. The molecule has 2 aromatic heterocycles. The van der Waals surface area contributed by atoms with Crippen molar-refractivity contribution < 1.29 is 23.9 Å². The van der Waals surface area contributed by atoms with E-state index in [9.17, 15) is 14.4 Å². The van der Waals surface area contributed by atoms with Crippen molar-refractivity contribution in [2.24, 2.45) is 27.2 Å². The molecule has 3 aliphatic rings. The number of benzene rings is 2. The number of pyridine rings is 1. The third kappa shape index (κ3) is 10.6. The number of aryl methyl sites for hydroxylation is 2. The molecule has 2 N–H and O–H groups in total. The van der Waals surface area contributed by atoms with Crippen LogP contribution in [-0.2, 0) is 49.7 Å². The number of carbonyl (C=O) groups excluding carboxylic acids is 3. The maximum absolute atomic E-state index is 14.7. The molecular weight excluding hydrogens is 793 g/mol. The Morgan fingerprint density at radius 1 is 1.08 bits per heavy atom. The molecule has 5 heterocycles. The van der Waals surface area contributed by atoms with Crippen LogP contribution in [0.5, 0.6) is 0 Å². The summed E-state index contributed by atoms with van der Waals surface area (Å²) in [4.78, 5) is 58.4. The summed E-state index contributed by atoms with van der Waals surface area (Å²) >= 11 is 0. The first-order chi connectivity index (χ1) is 30.4. The summed E-state index contributed by atoms with van der Waals surface area (Å²) in [6.07, 6.45) is 7.72. The molecule has 63 heavy (non-hydrogen) atoms. The summed E-state index contributed by atoms with van der Waals surface area (Å²) in [6, 6.07) is 17.8. The van der Waals surface area contributed by atoms with E-state index in [-0.39, 0.29) is 42.6 Å². The SMILES string of the molecule is CCc1ccncc1-c1c2c3cc(ccc3n1CC)-c1cccc(c1)C[C@H](NC(=O)[C@H](C(C)C)N1CC[C@@H](CN=C=NCCOC)C1)C(=O)N1CCC[C@H](N1)C(=O)OCC(C)(C)C2. The Balaban J connectivity index is 1.25. The van der Waals surface area contributed by atoms with Gasteiger partial charge >= 0.3 is 5.97 Å². The number of fused-ring (bicyclic) bond motifs is 6. The molecular formula is C50H66N8O5. The van der Waals surface area contributed by atoms with E-state index in [1.54, 1.807) is 7.11 Å². The molecule has 6 bridgehead atoms. The molecule has 13 nitrogen and oxygen atoms in total. The van der Waals surface area contributed by atoms with Gasteiger partial charge in [-0.05, 0) is 103 Å². The van der Waals surface area contributed by atoms with Crippen LogP contribution < -0.4 is 10.7 Å². The minimum atomic E-state index is -0.886. The van der Waals surface area contributed by atoms with Gasteiger partial charge in [-0.15, -0.1) is 0 Å². The number of nitrogens with zero attached hydrogens (tertiary/aromatic N) is 6. The van der Waals surface area contributed by atoms with Crippen molar-refractivity contribution in [2.45, 2.75) is 105 Å². The van der Waals surface area contributed by atoms with Crippen LogP contribution in [0.15, 0.2) is 70.9 Å². The summed E-state index contributed by atoms with van der Waals surface area (Å²) in [5.74, 6) is -0.583. The predicted octanol–water partition coefficient (Wildman–Crippen LogP) is 6.77. The van der Waals surface area contributed by atoms with Crippen LogP contribution in [0.4, 0.5) is 0 Å². The van der Waals surface area contributed by atoms with E-state index in [4.69, 9.17) is 9.47 Å². The van der Waals surface area contributed by atoms with Gasteiger partial charge in [0, 0.05) is 67.4 Å². The Morgan fingerprint density at radius 3 is 2.68 bits per heavy atom. The fraction of sp³-hybridized carbons (Fsp3) is 0.540. The highest BCUT2D eigenvalue weighted by Crippen LogP contribution is 2.41. The van der Waals surface area contributed by atoms with E-state index in [2.05, 4.69) is 119 Å². The van der Waals surface area contributed by atoms with E-state index in [0.29, 0.717) is 52.0 Å². The zero-order chi connectivity index (χ0) is 44.7. The van der Waals surface area contributed by atoms with Gasteiger partial charge in [0.05, 0.1) is 44.0 Å². The van der Waals surface area contributed by atoms with Gasteiger partial charge in [0.2, 0.25) is 5.91 Å². The summed E-state index contributed by atoms with van der Waals surface area (Å²) in [5, 5.41) is 5.91. The van der Waals surface area contributed by atoms with Crippen LogP contribution in [0.3, 0.4) is 0 Å². The lowest BCUT2D eigenvalue weighted by atomic mass is 9.84. The van der Waals surface area contributed by atoms with E-state index in [1.165, 1.54) is 16.1 Å². The fourth-order valence-corrected chi connectivity index (χ4v) is 9.70. The lowest BCUT2D eigenvalue weighted by Crippen LogP contribution is -2.62. The molecule has 2 aromatic carbocycles. The molecule has 2 saturated heterocycles. The lowest BCUT2D eigenvalue weighted by molar-refractivity contribution is -0.155. The van der Waals surface area contributed by atoms with E-state index in [1.807, 2.05) is 24.5 Å². The van der Waals surface area contributed by atoms with Crippen molar-refractivity contribution in [1.82, 2.24) is 30.2 Å². The van der Waals surface area contributed by atoms with Gasteiger partial charge in [-0.25, -0.2) is 15.4 Å². The predicted molar refractivity (Wildman–Crippen MR) is 247 cm³/mol. The molecule has 4 aromatic rings. The number of aromatic nitrogens is 2. The van der Waals surface area contributed by atoms with Crippen LogP contribution in [0.2, 0.25) is 0 Å². The highest BCUT2D eigenvalue weighted by Gasteiger charge is 2.39. The van der Waals surface area contributed by atoms with Gasteiger partial charge in [-0.1, -0.05) is 65.0 Å². The summed E-state index contributed by atoms with van der Waals surface area (Å²) in [5.41, 5.74) is 11.6. The summed E-state index contributed by atoms with van der Waals surface area (Å²) in [6.45, 7) is 17.2. The third-order valence-corrected chi connectivity index (χ3v) is 12.9. The summed E-state index contributed by atoms with van der Waals surface area (Å²) < 4.78 is 13.6. The largest absolute Gasteiger partial charge is 0.464 e. The molecule has 4 atom stereocenters. The van der Waals surface area contributed by atoms with Crippen molar-refractivity contribution in [2.75, 3.05) is 53.0 Å². The van der Waals surface area contributed by atoms with E-state index >= 15 is 0 Å². The highest BCUT2D eigenvalue weighted by atomic mass is 16.5. The average Bonchev–Trinajstić information content (AvgIpc) is 3.87. The van der Waals surface area contributed by atoms with E-state index < -0.39 is 23.5 Å². The number of methoxy groups -OCH3 is 1. The molecule has 336 valence electrons. The minimum Gasteiger partial charge on any atom is -0.464 e. The van der Waals surface area contributed by atoms with Crippen molar-refractivity contribution >= 4 is 34.7 Å². The van der Waals surface area contributed by atoms with Crippen LogP contribution in [-0.4, -0.2) is 114 Å². The Morgan fingerprint density at radius 2 is 1.90 bits per heavy atom. The second-order valence-electron chi connectivity index (χ2n) is 18.6. The Hall–Kier alpha value is -5.20. The normalized spacial score (nSPS) is 21.1. The molecule has 13 heteroatoms. The zero-order valence-electron chi connectivity index (χ0n) is 38.3. The number of cyclic esters (lactones) is 1. The first kappa shape index (κ1) is 45.8. The number of likely N-dealkylation sites (tertiary alicyclic amines) is 1. The van der Waals surface area contributed by atoms with Gasteiger partial charge in [0.25, 0.3) is 5.91 Å². The number of hydrogen-bond acceptors (Lipinski definition) is 10. The van der Waals surface area contributed by atoms with E-state index in [0.717, 1.165) is 64.8 Å². The number of hydrazine groups is 1. The number of rotatable bonds is 12. The number of esters is 1. The number of ether oxygens (including phenoxy) is 2. The van der Waals surface area contributed by atoms with Crippen LogP contribution in [0.1, 0.15) is 77.5 Å². The molecule has 2 amide bonds. The van der Waals surface area contributed by atoms with Crippen LogP contribution >= 0.6 is 0 Å². The first-order valence-corrected chi connectivity index (χ1v) is 22.9. The number of hydrogen-bond donors (Lipinski definition) is 2. The second-order valence-corrected chi connectivity index (χ2v) is 18.6. The lowest BCUT2D eigenvalue weighted by Gasteiger charge is -2.36. The topological polar surface area (TPSA) is 143 Å². The molecule has 2 fully saturated rings. The van der Waals surface area contributed by atoms with Gasteiger partial charge in [-0.3, -0.25) is 29.3 Å². The van der Waals surface area contributed by atoms with Crippen LogP contribution in [0.25, 0.3) is 33.3 Å². The van der Waals surface area contributed by atoms with Gasteiger partial charge in [0.15, 0.2) is 0 Å².